The lowest BCUT2D eigenvalue weighted by atomic mass is 10.1. The van der Waals surface area contributed by atoms with Crippen LogP contribution in [0.3, 0.4) is 0 Å². The van der Waals surface area contributed by atoms with Crippen molar-refractivity contribution >= 4 is 21.4 Å². The van der Waals surface area contributed by atoms with Crippen molar-refractivity contribution in [2.45, 2.75) is 38.1 Å². The molecule has 120 valence electrons. The molecule has 0 fully saturated rings. The van der Waals surface area contributed by atoms with Gasteiger partial charge in [-0.1, -0.05) is 0 Å². The zero-order chi connectivity index (χ0) is 16.2. The fourth-order valence-corrected chi connectivity index (χ4v) is 2.83. The first-order valence-corrected chi connectivity index (χ1v) is 8.54. The average molecular weight is 314 g/mol. The number of anilines is 2. The Morgan fingerprint density at radius 2 is 1.95 bits per heavy atom. The summed E-state index contributed by atoms with van der Waals surface area (Å²) in [6.45, 7) is 7.73. The van der Waals surface area contributed by atoms with Crippen LogP contribution < -0.4 is 16.2 Å². The van der Waals surface area contributed by atoms with Crippen LogP contribution >= 0.6 is 0 Å². The molecule has 0 heterocycles. The molecule has 0 spiro atoms. The Labute approximate surface area is 127 Å². The van der Waals surface area contributed by atoms with E-state index in [1.807, 2.05) is 0 Å². The lowest BCUT2D eigenvalue weighted by Crippen LogP contribution is -2.28. The second-order valence-corrected chi connectivity index (χ2v) is 7.12. The van der Waals surface area contributed by atoms with Gasteiger partial charge in [0.2, 0.25) is 10.0 Å². The third-order valence-electron chi connectivity index (χ3n) is 3.57. The van der Waals surface area contributed by atoms with E-state index in [1.165, 1.54) is 6.07 Å². The highest BCUT2D eigenvalue weighted by Crippen LogP contribution is 2.25. The number of hydrogen-bond acceptors (Lipinski definition) is 5. The topological polar surface area (TPSA) is 101 Å². The van der Waals surface area contributed by atoms with Gasteiger partial charge in [0.25, 0.3) is 0 Å². The molecular weight excluding hydrogens is 288 g/mol. The molecule has 0 saturated heterocycles. The van der Waals surface area contributed by atoms with Crippen molar-refractivity contribution in [1.82, 2.24) is 4.90 Å². The molecular formula is C14H26N4O2S. The van der Waals surface area contributed by atoms with Crippen molar-refractivity contribution in [3.05, 3.63) is 17.7 Å². The van der Waals surface area contributed by atoms with Crippen LogP contribution in [0.15, 0.2) is 17.0 Å². The van der Waals surface area contributed by atoms with Crippen LogP contribution in [-0.4, -0.2) is 39.5 Å². The predicted octanol–water partition coefficient (Wildman–Crippen LogP) is 1.37. The normalized spacial score (nSPS) is 12.1. The van der Waals surface area contributed by atoms with E-state index < -0.39 is 10.0 Å². The summed E-state index contributed by atoms with van der Waals surface area (Å²) in [5.41, 5.74) is 7.44. The Morgan fingerprint density at radius 3 is 2.48 bits per heavy atom. The Kier molecular flexibility index (Phi) is 6.00. The van der Waals surface area contributed by atoms with E-state index in [-0.39, 0.29) is 4.90 Å². The van der Waals surface area contributed by atoms with E-state index in [4.69, 9.17) is 10.9 Å². The molecule has 7 heteroatoms. The highest BCUT2D eigenvalue weighted by molar-refractivity contribution is 7.89. The molecule has 0 aromatic heterocycles. The van der Waals surface area contributed by atoms with Gasteiger partial charge in [-0.25, -0.2) is 13.6 Å². The van der Waals surface area contributed by atoms with Crippen molar-refractivity contribution in [3.8, 4) is 0 Å². The van der Waals surface area contributed by atoms with Gasteiger partial charge in [0.05, 0.1) is 4.90 Å². The monoisotopic (exact) mass is 314 g/mol. The maximum absolute atomic E-state index is 11.5. The van der Waals surface area contributed by atoms with Crippen molar-refractivity contribution in [2.75, 3.05) is 31.2 Å². The van der Waals surface area contributed by atoms with E-state index in [1.54, 1.807) is 13.0 Å². The average Bonchev–Trinajstić information content (AvgIpc) is 2.36. The minimum absolute atomic E-state index is 0.0734. The number of sulfonamides is 1. The minimum Gasteiger partial charge on any atom is -0.399 e. The third kappa shape index (κ3) is 5.18. The van der Waals surface area contributed by atoms with Gasteiger partial charge < -0.3 is 16.0 Å². The molecule has 0 saturated carbocycles. The van der Waals surface area contributed by atoms with E-state index in [9.17, 15) is 8.42 Å². The molecule has 0 aliphatic heterocycles. The van der Waals surface area contributed by atoms with Gasteiger partial charge >= 0.3 is 0 Å². The summed E-state index contributed by atoms with van der Waals surface area (Å²) in [6.07, 6.45) is 0.952. The molecule has 21 heavy (non-hydrogen) atoms. The Morgan fingerprint density at radius 1 is 1.33 bits per heavy atom. The van der Waals surface area contributed by atoms with Gasteiger partial charge in [-0.15, -0.1) is 0 Å². The van der Waals surface area contributed by atoms with E-state index in [0.29, 0.717) is 23.0 Å². The Hall–Kier alpha value is -1.31. The van der Waals surface area contributed by atoms with Crippen molar-refractivity contribution in [2.24, 2.45) is 5.14 Å². The van der Waals surface area contributed by atoms with Crippen LogP contribution in [-0.2, 0) is 10.0 Å². The van der Waals surface area contributed by atoms with Gasteiger partial charge in [0.1, 0.15) is 0 Å². The summed E-state index contributed by atoms with van der Waals surface area (Å²) in [6, 6.07) is 3.63. The van der Waals surface area contributed by atoms with Gasteiger partial charge in [-0.3, -0.25) is 0 Å². The van der Waals surface area contributed by atoms with Crippen molar-refractivity contribution in [1.29, 1.82) is 0 Å². The molecule has 0 unspecified atom stereocenters. The smallest absolute Gasteiger partial charge is 0.238 e. The van der Waals surface area contributed by atoms with Crippen LogP contribution in [0.25, 0.3) is 0 Å². The van der Waals surface area contributed by atoms with Crippen LogP contribution in [0.5, 0.6) is 0 Å². The maximum atomic E-state index is 11.5. The second kappa shape index (κ2) is 7.11. The largest absolute Gasteiger partial charge is 0.399 e. The quantitative estimate of drug-likeness (QED) is 0.521. The van der Waals surface area contributed by atoms with Crippen LogP contribution in [0.4, 0.5) is 11.4 Å². The molecule has 1 rings (SSSR count). The number of rotatable bonds is 7. The number of nitrogens with zero attached hydrogens (tertiary/aromatic N) is 1. The second-order valence-electron chi connectivity index (χ2n) is 5.59. The van der Waals surface area contributed by atoms with Gasteiger partial charge in [-0.2, -0.15) is 0 Å². The molecule has 6 nitrogen and oxygen atoms in total. The van der Waals surface area contributed by atoms with Crippen LogP contribution in [0.2, 0.25) is 0 Å². The molecule has 0 aliphatic carbocycles. The van der Waals surface area contributed by atoms with Crippen molar-refractivity contribution in [3.63, 3.8) is 0 Å². The fourth-order valence-electron chi connectivity index (χ4n) is 2.00. The Balaban J connectivity index is 2.75. The number of benzene rings is 1. The lowest BCUT2D eigenvalue weighted by Gasteiger charge is -2.21. The molecule has 1 aromatic carbocycles. The number of nitrogens with two attached hydrogens (primary N) is 2. The highest BCUT2D eigenvalue weighted by atomic mass is 32.2. The summed E-state index contributed by atoms with van der Waals surface area (Å²) in [4.78, 5) is 2.33. The fraction of sp³-hybridized carbons (Fsp3) is 0.571. The highest BCUT2D eigenvalue weighted by Gasteiger charge is 2.15. The van der Waals surface area contributed by atoms with Gasteiger partial charge in [0.15, 0.2) is 0 Å². The molecule has 0 radical (unpaired) electrons. The molecule has 0 atom stereocenters. The van der Waals surface area contributed by atoms with Crippen molar-refractivity contribution < 1.29 is 8.42 Å². The van der Waals surface area contributed by atoms with Gasteiger partial charge in [0, 0.05) is 24.0 Å². The van der Waals surface area contributed by atoms with E-state index >= 15 is 0 Å². The third-order valence-corrected chi connectivity index (χ3v) is 4.61. The van der Waals surface area contributed by atoms with Crippen LogP contribution in [0, 0.1) is 6.92 Å². The first-order valence-electron chi connectivity index (χ1n) is 7.00. The molecule has 0 aliphatic rings. The van der Waals surface area contributed by atoms with E-state index in [2.05, 4.69) is 31.1 Å². The molecule has 0 amide bonds. The zero-order valence-electron chi connectivity index (χ0n) is 13.2. The summed E-state index contributed by atoms with van der Waals surface area (Å²) < 4.78 is 23.1. The standard InChI is InChI=1S/C14H26N4O2S/c1-10(2)18(4)7-5-6-17-13-8-12(15)9-14(11(13)3)21(16,19)20/h8-10,17H,5-7,15H2,1-4H3,(H2,16,19,20). The SMILES string of the molecule is Cc1c(NCCCN(C)C(C)C)cc(N)cc1S(N)(=O)=O. The summed E-state index contributed by atoms with van der Waals surface area (Å²) in [5, 5.41) is 8.44. The van der Waals surface area contributed by atoms with Crippen LogP contribution in [0.1, 0.15) is 25.8 Å². The molecule has 5 N–H and O–H groups in total. The van der Waals surface area contributed by atoms with Gasteiger partial charge in [-0.05, 0) is 58.5 Å². The number of primary sulfonamides is 1. The zero-order valence-corrected chi connectivity index (χ0v) is 14.0. The molecule has 1 aromatic rings. The molecule has 0 bridgehead atoms. The lowest BCUT2D eigenvalue weighted by molar-refractivity contribution is 0.273. The number of hydrogen-bond donors (Lipinski definition) is 3. The number of nitrogens with one attached hydrogen (secondary N) is 1. The first-order chi connectivity index (χ1) is 9.62. The number of nitrogen functional groups attached to an aromatic ring is 1. The predicted molar refractivity (Wildman–Crippen MR) is 87.8 cm³/mol. The Bertz CT molecular complexity index is 585. The first kappa shape index (κ1) is 17.7. The van der Waals surface area contributed by atoms with E-state index in [0.717, 1.165) is 19.5 Å². The summed E-state index contributed by atoms with van der Waals surface area (Å²) in [7, 11) is -1.68. The summed E-state index contributed by atoms with van der Waals surface area (Å²) in [5.74, 6) is 0. The maximum Gasteiger partial charge on any atom is 0.238 e. The summed E-state index contributed by atoms with van der Waals surface area (Å²) >= 11 is 0. The minimum atomic E-state index is -3.76.